The molecule has 0 radical (unpaired) electrons. The van der Waals surface area contributed by atoms with E-state index in [-0.39, 0.29) is 5.91 Å². The highest BCUT2D eigenvalue weighted by Crippen LogP contribution is 2.36. The molecule has 136 valence electrons. The molecule has 1 heterocycles. The predicted molar refractivity (Wildman–Crippen MR) is 112 cm³/mol. The molecule has 0 bridgehead atoms. The second-order valence-electron chi connectivity index (χ2n) is 6.61. The quantitative estimate of drug-likeness (QED) is 0.701. The van der Waals surface area contributed by atoms with Gasteiger partial charge in [-0.2, -0.15) is 0 Å². The number of thioether (sulfide) groups is 1. The van der Waals surface area contributed by atoms with Crippen molar-refractivity contribution in [3.05, 3.63) is 95.6 Å². The number of nitrogens with zero attached hydrogens (tertiary/aromatic N) is 1. The summed E-state index contributed by atoms with van der Waals surface area (Å²) in [6, 6.07) is 26.5. The van der Waals surface area contributed by atoms with Crippen LogP contribution in [0.5, 0.6) is 0 Å². The molecule has 3 nitrogen and oxygen atoms in total. The monoisotopic (exact) mass is 374 g/mol. The van der Waals surface area contributed by atoms with Gasteiger partial charge in [-0.05, 0) is 29.3 Å². The fraction of sp³-hybridized carbons (Fsp3) is 0.174. The molecule has 1 aliphatic heterocycles. The summed E-state index contributed by atoms with van der Waals surface area (Å²) >= 11 is 1.86. The van der Waals surface area contributed by atoms with Gasteiger partial charge in [-0.25, -0.2) is 0 Å². The summed E-state index contributed by atoms with van der Waals surface area (Å²) < 4.78 is 0. The molecular formula is C23H22N2OS. The van der Waals surface area contributed by atoms with Crippen molar-refractivity contribution < 1.29 is 4.79 Å². The van der Waals surface area contributed by atoms with E-state index in [2.05, 4.69) is 40.5 Å². The molecule has 0 saturated heterocycles. The minimum atomic E-state index is -0.0307. The molecule has 3 aromatic rings. The molecule has 1 aliphatic rings. The van der Waals surface area contributed by atoms with Gasteiger partial charge in [0.2, 0.25) is 0 Å². The highest BCUT2D eigenvalue weighted by molar-refractivity contribution is 7.99. The highest BCUT2D eigenvalue weighted by Gasteiger charge is 2.19. The minimum Gasteiger partial charge on any atom is -0.365 e. The van der Waals surface area contributed by atoms with Crippen LogP contribution in [0.4, 0.5) is 5.69 Å². The number of hydrogen-bond acceptors (Lipinski definition) is 3. The third-order valence-corrected chi connectivity index (χ3v) is 5.74. The van der Waals surface area contributed by atoms with Gasteiger partial charge >= 0.3 is 0 Å². The maximum absolute atomic E-state index is 12.6. The Morgan fingerprint density at radius 3 is 2.37 bits per heavy atom. The van der Waals surface area contributed by atoms with E-state index in [9.17, 15) is 4.79 Å². The first-order chi connectivity index (χ1) is 13.3. The molecule has 1 N–H and O–H groups in total. The molecule has 0 unspecified atom stereocenters. The topological polar surface area (TPSA) is 32.3 Å². The van der Waals surface area contributed by atoms with E-state index in [4.69, 9.17) is 0 Å². The fourth-order valence-electron chi connectivity index (χ4n) is 3.26. The Balaban J connectivity index is 1.50. The van der Waals surface area contributed by atoms with Gasteiger partial charge in [-0.15, -0.1) is 11.8 Å². The SMILES string of the molecule is O=C(NCc1ccccc1)c1ccc2c(c1)N(Cc1ccccc1)CCS2. The average molecular weight is 375 g/mol. The van der Waals surface area contributed by atoms with E-state index in [1.54, 1.807) is 0 Å². The highest BCUT2D eigenvalue weighted by atomic mass is 32.2. The van der Waals surface area contributed by atoms with E-state index in [1.807, 2.05) is 60.3 Å². The molecule has 0 aliphatic carbocycles. The summed E-state index contributed by atoms with van der Waals surface area (Å²) in [5.41, 5.74) is 4.26. The zero-order valence-electron chi connectivity index (χ0n) is 15.1. The van der Waals surface area contributed by atoms with E-state index >= 15 is 0 Å². The van der Waals surface area contributed by atoms with Gasteiger partial charge in [0.15, 0.2) is 0 Å². The third kappa shape index (κ3) is 4.34. The van der Waals surface area contributed by atoms with Gasteiger partial charge in [0.25, 0.3) is 5.91 Å². The van der Waals surface area contributed by atoms with E-state index < -0.39 is 0 Å². The normalized spacial score (nSPS) is 13.1. The lowest BCUT2D eigenvalue weighted by atomic mass is 10.1. The van der Waals surface area contributed by atoms with Crippen LogP contribution in [0.3, 0.4) is 0 Å². The lowest BCUT2D eigenvalue weighted by Crippen LogP contribution is -2.29. The number of carbonyl (C=O) groups is 1. The van der Waals surface area contributed by atoms with Crippen LogP contribution in [-0.2, 0) is 13.1 Å². The number of rotatable bonds is 5. The first-order valence-corrected chi connectivity index (χ1v) is 10.2. The first-order valence-electron chi connectivity index (χ1n) is 9.17. The van der Waals surface area contributed by atoms with Gasteiger partial charge in [-0.3, -0.25) is 4.79 Å². The largest absolute Gasteiger partial charge is 0.365 e. The van der Waals surface area contributed by atoms with E-state index in [0.29, 0.717) is 12.1 Å². The summed E-state index contributed by atoms with van der Waals surface area (Å²) in [5, 5.41) is 3.02. The molecule has 27 heavy (non-hydrogen) atoms. The molecule has 4 rings (SSSR count). The van der Waals surface area contributed by atoms with Gasteiger partial charge in [0.1, 0.15) is 0 Å². The van der Waals surface area contributed by atoms with Crippen molar-refractivity contribution in [2.75, 3.05) is 17.2 Å². The van der Waals surface area contributed by atoms with Crippen molar-refractivity contribution in [2.24, 2.45) is 0 Å². The van der Waals surface area contributed by atoms with Gasteiger partial charge in [-0.1, -0.05) is 60.7 Å². The van der Waals surface area contributed by atoms with Crippen LogP contribution >= 0.6 is 11.8 Å². The molecule has 0 aromatic heterocycles. The number of anilines is 1. The number of amides is 1. The summed E-state index contributed by atoms with van der Waals surface area (Å²) in [5.74, 6) is 1.04. The Labute approximate surface area is 164 Å². The van der Waals surface area contributed by atoms with Crippen molar-refractivity contribution in [2.45, 2.75) is 18.0 Å². The Morgan fingerprint density at radius 1 is 0.926 bits per heavy atom. The zero-order valence-corrected chi connectivity index (χ0v) is 15.9. The summed E-state index contributed by atoms with van der Waals surface area (Å²) in [6.07, 6.45) is 0. The van der Waals surface area contributed by atoms with Crippen LogP contribution in [-0.4, -0.2) is 18.2 Å². The molecule has 1 amide bonds. The molecule has 0 atom stereocenters. The van der Waals surface area contributed by atoms with Gasteiger partial charge < -0.3 is 10.2 Å². The molecule has 0 fully saturated rings. The van der Waals surface area contributed by atoms with Crippen LogP contribution in [0.15, 0.2) is 83.8 Å². The number of fused-ring (bicyclic) bond motifs is 1. The smallest absolute Gasteiger partial charge is 0.251 e. The standard InChI is InChI=1S/C23H22N2OS/c26-23(24-16-18-7-3-1-4-8-18)20-11-12-22-21(15-20)25(13-14-27-22)17-19-9-5-2-6-10-19/h1-12,15H,13-14,16-17H2,(H,24,26). The summed E-state index contributed by atoms with van der Waals surface area (Å²) in [7, 11) is 0. The van der Waals surface area contributed by atoms with Crippen LogP contribution < -0.4 is 10.2 Å². The van der Waals surface area contributed by atoms with Gasteiger partial charge in [0.05, 0.1) is 5.69 Å². The Morgan fingerprint density at radius 2 is 1.63 bits per heavy atom. The lowest BCUT2D eigenvalue weighted by molar-refractivity contribution is 0.0951. The average Bonchev–Trinajstić information content (AvgIpc) is 2.73. The Hall–Kier alpha value is -2.72. The molecule has 3 aromatic carbocycles. The van der Waals surface area contributed by atoms with Gasteiger partial charge in [0, 0.05) is 35.8 Å². The van der Waals surface area contributed by atoms with Crippen LogP contribution in [0.2, 0.25) is 0 Å². The summed E-state index contributed by atoms with van der Waals surface area (Å²) in [6.45, 7) is 2.39. The lowest BCUT2D eigenvalue weighted by Gasteiger charge is -2.31. The van der Waals surface area contributed by atoms with E-state index in [0.717, 1.165) is 30.1 Å². The third-order valence-electron chi connectivity index (χ3n) is 4.69. The molecule has 4 heteroatoms. The first kappa shape index (κ1) is 17.7. The Kier molecular flexibility index (Phi) is 5.45. The molecular weight excluding hydrogens is 352 g/mol. The second kappa shape index (κ2) is 8.31. The number of hydrogen-bond donors (Lipinski definition) is 1. The predicted octanol–water partition coefficient (Wildman–Crippen LogP) is 4.73. The van der Waals surface area contributed by atoms with Crippen molar-refractivity contribution in [3.8, 4) is 0 Å². The van der Waals surface area contributed by atoms with Crippen LogP contribution in [0.25, 0.3) is 0 Å². The van der Waals surface area contributed by atoms with Crippen molar-refractivity contribution in [1.29, 1.82) is 0 Å². The minimum absolute atomic E-state index is 0.0307. The van der Waals surface area contributed by atoms with Crippen molar-refractivity contribution in [3.63, 3.8) is 0 Å². The van der Waals surface area contributed by atoms with E-state index in [1.165, 1.54) is 10.5 Å². The number of carbonyl (C=O) groups excluding carboxylic acids is 1. The van der Waals surface area contributed by atoms with Crippen molar-refractivity contribution in [1.82, 2.24) is 5.32 Å². The maximum Gasteiger partial charge on any atom is 0.251 e. The Bertz CT molecular complexity index is 912. The summed E-state index contributed by atoms with van der Waals surface area (Å²) in [4.78, 5) is 16.2. The fourth-order valence-corrected chi connectivity index (χ4v) is 4.29. The van der Waals surface area contributed by atoms with Crippen molar-refractivity contribution >= 4 is 23.4 Å². The molecule has 0 spiro atoms. The molecule has 0 saturated carbocycles. The zero-order chi connectivity index (χ0) is 18.5. The second-order valence-corrected chi connectivity index (χ2v) is 7.74. The maximum atomic E-state index is 12.6. The number of benzene rings is 3. The van der Waals surface area contributed by atoms with Crippen LogP contribution in [0.1, 0.15) is 21.5 Å². The van der Waals surface area contributed by atoms with Crippen LogP contribution in [0, 0.1) is 0 Å². The number of nitrogens with one attached hydrogen (secondary N) is 1.